The van der Waals surface area contributed by atoms with Gasteiger partial charge in [-0.25, -0.2) is 0 Å². The molecule has 0 amide bonds. The SMILES string of the molecule is CCNC(=NCC1(CCOCC)CC1)NC(C)c1ccccc1Cl.I. The maximum absolute atomic E-state index is 6.30. The molecule has 0 bridgehead atoms. The summed E-state index contributed by atoms with van der Waals surface area (Å²) in [6.45, 7) is 9.55. The van der Waals surface area contributed by atoms with Crippen LogP contribution in [0.2, 0.25) is 5.02 Å². The van der Waals surface area contributed by atoms with Gasteiger partial charge >= 0.3 is 0 Å². The molecule has 1 atom stereocenters. The molecule has 142 valence electrons. The Balaban J connectivity index is 0.00000312. The van der Waals surface area contributed by atoms with Crippen LogP contribution in [0.3, 0.4) is 0 Å². The number of rotatable bonds is 9. The lowest BCUT2D eigenvalue weighted by molar-refractivity contribution is 0.129. The Hall–Kier alpha value is -0.530. The van der Waals surface area contributed by atoms with Crippen LogP contribution in [-0.4, -0.2) is 32.3 Å². The molecule has 1 fully saturated rings. The van der Waals surface area contributed by atoms with Crippen LogP contribution in [-0.2, 0) is 4.74 Å². The summed E-state index contributed by atoms with van der Waals surface area (Å²) in [6, 6.07) is 8.04. The number of aliphatic imine (C=N–C) groups is 1. The van der Waals surface area contributed by atoms with E-state index in [0.29, 0.717) is 5.41 Å². The van der Waals surface area contributed by atoms with Crippen LogP contribution in [0.4, 0.5) is 0 Å². The summed E-state index contributed by atoms with van der Waals surface area (Å²) >= 11 is 6.30. The van der Waals surface area contributed by atoms with Gasteiger partial charge < -0.3 is 15.4 Å². The second kappa shape index (κ2) is 11.2. The highest BCUT2D eigenvalue weighted by Gasteiger charge is 2.41. The molecule has 0 spiro atoms. The summed E-state index contributed by atoms with van der Waals surface area (Å²) in [5.74, 6) is 0.854. The Labute approximate surface area is 174 Å². The predicted octanol–water partition coefficient (Wildman–Crippen LogP) is 4.78. The first-order chi connectivity index (χ1) is 11.6. The second-order valence-electron chi connectivity index (χ2n) is 6.53. The van der Waals surface area contributed by atoms with E-state index in [1.807, 2.05) is 31.2 Å². The molecule has 1 saturated carbocycles. The van der Waals surface area contributed by atoms with E-state index in [2.05, 4.69) is 24.5 Å². The highest BCUT2D eigenvalue weighted by molar-refractivity contribution is 14.0. The third-order valence-electron chi connectivity index (χ3n) is 4.58. The number of ether oxygens (including phenoxy) is 1. The first-order valence-electron chi connectivity index (χ1n) is 8.97. The summed E-state index contributed by atoms with van der Waals surface area (Å²) in [4.78, 5) is 4.82. The van der Waals surface area contributed by atoms with Crippen LogP contribution >= 0.6 is 35.6 Å². The Morgan fingerprint density at radius 3 is 2.64 bits per heavy atom. The van der Waals surface area contributed by atoms with Crippen LogP contribution in [0, 0.1) is 5.41 Å². The van der Waals surface area contributed by atoms with E-state index >= 15 is 0 Å². The molecule has 1 aliphatic carbocycles. The molecule has 1 aromatic rings. The zero-order valence-electron chi connectivity index (χ0n) is 15.5. The van der Waals surface area contributed by atoms with Crippen molar-refractivity contribution < 1.29 is 4.74 Å². The van der Waals surface area contributed by atoms with Crippen molar-refractivity contribution in [2.24, 2.45) is 10.4 Å². The van der Waals surface area contributed by atoms with Gasteiger partial charge in [-0.1, -0.05) is 29.8 Å². The molecule has 1 unspecified atom stereocenters. The standard InChI is InChI=1S/C19H30ClN3O.HI/c1-4-21-18(22-14-19(10-11-19)12-13-24-5-2)23-15(3)16-8-6-7-9-17(16)20;/h6-9,15H,4-5,10-14H2,1-3H3,(H2,21,22,23);1H. The Morgan fingerprint density at radius 1 is 1.32 bits per heavy atom. The van der Waals surface area contributed by atoms with E-state index in [4.69, 9.17) is 21.3 Å². The van der Waals surface area contributed by atoms with Gasteiger partial charge in [0.2, 0.25) is 0 Å². The minimum atomic E-state index is 0. The molecule has 2 rings (SSSR count). The molecule has 2 N–H and O–H groups in total. The molecule has 0 radical (unpaired) electrons. The second-order valence-corrected chi connectivity index (χ2v) is 6.94. The summed E-state index contributed by atoms with van der Waals surface area (Å²) < 4.78 is 5.50. The highest BCUT2D eigenvalue weighted by atomic mass is 127. The molecule has 1 aromatic carbocycles. The zero-order chi connectivity index (χ0) is 17.4. The first kappa shape index (κ1) is 22.5. The van der Waals surface area contributed by atoms with Crippen LogP contribution < -0.4 is 10.6 Å². The van der Waals surface area contributed by atoms with Crippen molar-refractivity contribution in [1.29, 1.82) is 0 Å². The van der Waals surface area contributed by atoms with E-state index in [9.17, 15) is 0 Å². The number of nitrogens with zero attached hydrogens (tertiary/aromatic N) is 1. The van der Waals surface area contributed by atoms with Crippen LogP contribution in [0.5, 0.6) is 0 Å². The third-order valence-corrected chi connectivity index (χ3v) is 4.92. The smallest absolute Gasteiger partial charge is 0.191 e. The largest absolute Gasteiger partial charge is 0.382 e. The number of halogens is 2. The summed E-state index contributed by atoms with van der Waals surface area (Å²) in [6.07, 6.45) is 3.61. The molecule has 0 aliphatic heterocycles. The van der Waals surface area contributed by atoms with Crippen molar-refractivity contribution in [3.63, 3.8) is 0 Å². The van der Waals surface area contributed by atoms with Gasteiger partial charge in [0.05, 0.1) is 6.04 Å². The lowest BCUT2D eigenvalue weighted by atomic mass is 10.0. The summed E-state index contributed by atoms with van der Waals surface area (Å²) in [5, 5.41) is 7.58. The average molecular weight is 480 g/mol. The minimum absolute atomic E-state index is 0. The average Bonchev–Trinajstić information content (AvgIpc) is 3.34. The van der Waals surface area contributed by atoms with Crippen molar-refractivity contribution >= 4 is 41.5 Å². The highest BCUT2D eigenvalue weighted by Crippen LogP contribution is 2.49. The van der Waals surface area contributed by atoms with Gasteiger partial charge in [-0.3, -0.25) is 4.99 Å². The van der Waals surface area contributed by atoms with Crippen molar-refractivity contribution in [3.8, 4) is 0 Å². The maximum Gasteiger partial charge on any atom is 0.191 e. The normalized spacial score (nSPS) is 16.7. The fraction of sp³-hybridized carbons (Fsp3) is 0.632. The van der Waals surface area contributed by atoms with E-state index in [-0.39, 0.29) is 30.0 Å². The van der Waals surface area contributed by atoms with Gasteiger partial charge in [0.15, 0.2) is 5.96 Å². The topological polar surface area (TPSA) is 45.7 Å². The van der Waals surface area contributed by atoms with Crippen LogP contribution in [0.25, 0.3) is 0 Å². The van der Waals surface area contributed by atoms with E-state index < -0.39 is 0 Å². The van der Waals surface area contributed by atoms with Gasteiger partial charge in [0, 0.05) is 31.3 Å². The van der Waals surface area contributed by atoms with Crippen LogP contribution in [0.15, 0.2) is 29.3 Å². The molecule has 25 heavy (non-hydrogen) atoms. The minimum Gasteiger partial charge on any atom is -0.382 e. The molecular formula is C19H31ClIN3O. The molecule has 0 heterocycles. The molecule has 4 nitrogen and oxygen atoms in total. The Kier molecular flexibility index (Phi) is 10.1. The lowest BCUT2D eigenvalue weighted by Gasteiger charge is -2.20. The number of nitrogens with one attached hydrogen (secondary N) is 2. The van der Waals surface area contributed by atoms with Crippen molar-refractivity contribution in [2.75, 3.05) is 26.3 Å². The van der Waals surface area contributed by atoms with Gasteiger partial charge in [-0.05, 0) is 57.1 Å². The maximum atomic E-state index is 6.30. The van der Waals surface area contributed by atoms with Gasteiger partial charge in [0.25, 0.3) is 0 Å². The van der Waals surface area contributed by atoms with E-state index in [1.54, 1.807) is 0 Å². The van der Waals surface area contributed by atoms with Gasteiger partial charge in [0.1, 0.15) is 0 Å². The number of hydrogen-bond acceptors (Lipinski definition) is 2. The van der Waals surface area contributed by atoms with Crippen molar-refractivity contribution in [3.05, 3.63) is 34.9 Å². The Morgan fingerprint density at radius 2 is 2.04 bits per heavy atom. The van der Waals surface area contributed by atoms with E-state index in [0.717, 1.165) is 49.3 Å². The molecule has 1 aliphatic rings. The fourth-order valence-corrected chi connectivity index (χ4v) is 3.07. The first-order valence-corrected chi connectivity index (χ1v) is 9.35. The summed E-state index contributed by atoms with van der Waals surface area (Å²) in [7, 11) is 0. The van der Waals surface area contributed by atoms with E-state index in [1.165, 1.54) is 12.8 Å². The molecular weight excluding hydrogens is 449 g/mol. The predicted molar refractivity (Wildman–Crippen MR) is 117 cm³/mol. The summed E-state index contributed by atoms with van der Waals surface area (Å²) in [5.41, 5.74) is 1.44. The zero-order valence-corrected chi connectivity index (χ0v) is 18.6. The third kappa shape index (κ3) is 7.31. The number of hydrogen-bond donors (Lipinski definition) is 2. The Bertz CT molecular complexity index is 549. The number of guanidine groups is 1. The van der Waals surface area contributed by atoms with Crippen LogP contribution in [0.1, 0.15) is 51.6 Å². The van der Waals surface area contributed by atoms with Crippen molar-refractivity contribution in [2.45, 2.75) is 46.1 Å². The molecule has 0 aromatic heterocycles. The lowest BCUT2D eigenvalue weighted by Crippen LogP contribution is -2.39. The van der Waals surface area contributed by atoms with Gasteiger partial charge in [-0.2, -0.15) is 0 Å². The van der Waals surface area contributed by atoms with Crippen molar-refractivity contribution in [1.82, 2.24) is 10.6 Å². The van der Waals surface area contributed by atoms with Gasteiger partial charge in [-0.15, -0.1) is 24.0 Å². The fourth-order valence-electron chi connectivity index (χ4n) is 2.77. The monoisotopic (exact) mass is 479 g/mol. The molecule has 6 heteroatoms. The quantitative estimate of drug-likeness (QED) is 0.232. The molecule has 0 saturated heterocycles. The number of benzene rings is 1.